The molecule has 0 saturated heterocycles. The lowest BCUT2D eigenvalue weighted by molar-refractivity contribution is -0.137. The van der Waals surface area contributed by atoms with Gasteiger partial charge in [0, 0.05) is 16.9 Å². The van der Waals surface area contributed by atoms with Crippen molar-refractivity contribution in [1.29, 1.82) is 0 Å². The number of carbonyl (C=O) groups excluding carboxylic acids is 1. The summed E-state index contributed by atoms with van der Waals surface area (Å²) in [5, 5.41) is 1.30. The number of amides is 1. The van der Waals surface area contributed by atoms with Crippen molar-refractivity contribution in [3.05, 3.63) is 69.1 Å². The van der Waals surface area contributed by atoms with Crippen molar-refractivity contribution in [2.75, 3.05) is 0 Å². The van der Waals surface area contributed by atoms with E-state index in [4.69, 9.17) is 16.3 Å². The molecule has 1 amide bonds. The predicted molar refractivity (Wildman–Crippen MR) is 98.4 cm³/mol. The van der Waals surface area contributed by atoms with Crippen LogP contribution in [0.2, 0.25) is 5.02 Å². The first-order chi connectivity index (χ1) is 13.2. The highest BCUT2D eigenvalue weighted by atomic mass is 35.5. The van der Waals surface area contributed by atoms with Crippen LogP contribution in [0.1, 0.15) is 29.0 Å². The zero-order chi connectivity index (χ0) is 20.1. The number of ether oxygens (including phenoxy) is 1. The normalized spacial score (nSPS) is 21.3. The smallest absolute Gasteiger partial charge is 0.416 e. The van der Waals surface area contributed by atoms with Crippen molar-refractivity contribution in [3.8, 4) is 11.5 Å². The molecule has 0 fully saturated rings. The molecule has 1 aliphatic heterocycles. The van der Waals surface area contributed by atoms with Gasteiger partial charge in [-0.2, -0.15) is 13.2 Å². The molecule has 1 N–H and O–H groups in total. The molecule has 0 spiro atoms. The number of alkyl halides is 3. The Kier molecular flexibility index (Phi) is 4.71. The lowest BCUT2D eigenvalue weighted by Gasteiger charge is -2.13. The van der Waals surface area contributed by atoms with Gasteiger partial charge in [0.2, 0.25) is 0 Å². The second-order valence-corrected chi connectivity index (χ2v) is 7.94. The van der Waals surface area contributed by atoms with Crippen molar-refractivity contribution in [2.24, 2.45) is 0 Å². The number of aryl methyl sites for hydroxylation is 1. The van der Waals surface area contributed by atoms with Gasteiger partial charge in [-0.05, 0) is 54.3 Å². The maximum absolute atomic E-state index is 12.7. The van der Waals surface area contributed by atoms with Crippen molar-refractivity contribution < 1.29 is 26.9 Å². The Hall–Kier alpha value is -2.32. The van der Waals surface area contributed by atoms with E-state index in [1.807, 2.05) is 6.07 Å². The van der Waals surface area contributed by atoms with E-state index in [1.54, 1.807) is 12.1 Å². The van der Waals surface area contributed by atoms with Gasteiger partial charge in [0.1, 0.15) is 22.5 Å². The molecule has 0 radical (unpaired) electrons. The van der Waals surface area contributed by atoms with Gasteiger partial charge in [-0.1, -0.05) is 17.7 Å². The number of rotatable bonds is 3. The van der Waals surface area contributed by atoms with E-state index >= 15 is 0 Å². The third-order valence-electron chi connectivity index (χ3n) is 4.74. The molecular formula is C19H13ClF3NO3S. The molecule has 28 heavy (non-hydrogen) atoms. The Morgan fingerprint density at radius 1 is 1.18 bits per heavy atom. The zero-order valence-electron chi connectivity index (χ0n) is 14.2. The molecule has 2 aromatic carbocycles. The van der Waals surface area contributed by atoms with Crippen molar-refractivity contribution in [2.45, 2.75) is 24.9 Å². The molecule has 9 heteroatoms. The van der Waals surface area contributed by atoms with Crippen LogP contribution >= 0.6 is 11.6 Å². The zero-order valence-corrected chi connectivity index (χ0v) is 15.8. The van der Waals surface area contributed by atoms with Gasteiger partial charge in [-0.3, -0.25) is 9.52 Å². The Morgan fingerprint density at radius 2 is 1.96 bits per heavy atom. The summed E-state index contributed by atoms with van der Waals surface area (Å²) in [6.45, 7) is 0. The summed E-state index contributed by atoms with van der Waals surface area (Å²) in [7, 11) is -1.48. The van der Waals surface area contributed by atoms with Gasteiger partial charge in [-0.25, -0.2) is 4.21 Å². The predicted octanol–water partition coefficient (Wildman–Crippen LogP) is 4.86. The number of halogens is 4. The van der Waals surface area contributed by atoms with Crippen molar-refractivity contribution in [1.82, 2.24) is 4.72 Å². The second kappa shape index (κ2) is 6.93. The number of hydrogen-bond acceptors (Lipinski definition) is 3. The fraction of sp³-hybridized carbons (Fsp3) is 0.211. The van der Waals surface area contributed by atoms with Crippen LogP contribution < -0.4 is 9.46 Å². The van der Waals surface area contributed by atoms with Gasteiger partial charge in [-0.15, -0.1) is 0 Å². The number of carbonyl (C=O) groups is 1. The van der Waals surface area contributed by atoms with Crippen LogP contribution in [0.3, 0.4) is 0 Å². The topological polar surface area (TPSA) is 55.4 Å². The van der Waals surface area contributed by atoms with Crippen LogP contribution in [0, 0.1) is 0 Å². The van der Waals surface area contributed by atoms with Crippen LogP contribution in [-0.2, 0) is 28.4 Å². The maximum atomic E-state index is 12.7. The molecular weight excluding hydrogens is 415 g/mol. The Bertz CT molecular complexity index is 1040. The second-order valence-electron chi connectivity index (χ2n) is 6.50. The van der Waals surface area contributed by atoms with Crippen LogP contribution in [-0.4, -0.2) is 10.1 Å². The standard InChI is InChI=1S/C19H13ClF3NO3S/c20-16-8-11(19(21,22)23)2-6-17(16)27-12-3-5-13-10(7-12)1-4-14(13)15-9-28(26)24-18(15)25/h2-3,5-9,14H,1,4H2,(H,24,25). The molecule has 2 aromatic rings. The monoisotopic (exact) mass is 427 g/mol. The van der Waals surface area contributed by atoms with Crippen LogP contribution in [0.25, 0.3) is 0 Å². The molecule has 0 aromatic heterocycles. The average molecular weight is 428 g/mol. The van der Waals surface area contributed by atoms with Gasteiger partial charge in [0.05, 0.1) is 10.6 Å². The molecule has 2 aliphatic rings. The third kappa shape index (κ3) is 3.54. The first-order valence-electron chi connectivity index (χ1n) is 8.33. The minimum atomic E-state index is -4.48. The van der Waals surface area contributed by atoms with E-state index in [2.05, 4.69) is 4.72 Å². The van der Waals surface area contributed by atoms with E-state index in [-0.39, 0.29) is 22.6 Å². The van der Waals surface area contributed by atoms with Gasteiger partial charge in [0.15, 0.2) is 0 Å². The third-order valence-corrected chi connectivity index (χ3v) is 5.89. The molecule has 4 nitrogen and oxygen atoms in total. The van der Waals surface area contributed by atoms with E-state index in [1.165, 1.54) is 11.5 Å². The Balaban J connectivity index is 1.57. The number of hydrogen-bond donors (Lipinski definition) is 1. The van der Waals surface area contributed by atoms with Gasteiger partial charge < -0.3 is 4.74 Å². The molecule has 4 rings (SSSR count). The highest BCUT2D eigenvalue weighted by molar-refractivity contribution is 7.87. The fourth-order valence-electron chi connectivity index (χ4n) is 3.46. The summed E-state index contributed by atoms with van der Waals surface area (Å²) in [6.07, 6.45) is -3.07. The highest BCUT2D eigenvalue weighted by Gasteiger charge is 2.34. The molecule has 146 valence electrons. The minimum Gasteiger partial charge on any atom is -0.456 e. The average Bonchev–Trinajstić information content (AvgIpc) is 3.17. The van der Waals surface area contributed by atoms with Crippen molar-refractivity contribution >= 4 is 28.5 Å². The van der Waals surface area contributed by atoms with Gasteiger partial charge >= 0.3 is 6.18 Å². The van der Waals surface area contributed by atoms with Crippen LogP contribution in [0.15, 0.2) is 47.4 Å². The number of nitrogens with one attached hydrogen (secondary N) is 1. The Labute approximate surface area is 165 Å². The lowest BCUT2D eigenvalue weighted by Crippen LogP contribution is -2.20. The molecule has 1 heterocycles. The number of benzene rings is 2. The van der Waals surface area contributed by atoms with E-state index < -0.39 is 22.7 Å². The first-order valence-corrected chi connectivity index (χ1v) is 9.92. The lowest BCUT2D eigenvalue weighted by atomic mass is 9.93. The molecule has 0 saturated carbocycles. The fourth-order valence-corrected chi connectivity index (χ4v) is 4.54. The maximum Gasteiger partial charge on any atom is 0.416 e. The Morgan fingerprint density at radius 3 is 2.61 bits per heavy atom. The molecule has 2 atom stereocenters. The largest absolute Gasteiger partial charge is 0.456 e. The molecule has 0 bridgehead atoms. The van der Waals surface area contributed by atoms with E-state index in [0.717, 1.165) is 23.3 Å². The van der Waals surface area contributed by atoms with Crippen molar-refractivity contribution in [3.63, 3.8) is 0 Å². The number of fused-ring (bicyclic) bond motifs is 1. The minimum absolute atomic E-state index is 0.123. The molecule has 1 aliphatic carbocycles. The van der Waals surface area contributed by atoms with E-state index in [0.29, 0.717) is 24.2 Å². The SMILES string of the molecule is O=C1NS(=O)C=C1C1CCc2cc(Oc3ccc(C(F)(F)F)cc3Cl)ccc21. The van der Waals surface area contributed by atoms with E-state index in [9.17, 15) is 22.2 Å². The first kappa shape index (κ1) is 19.0. The summed E-state index contributed by atoms with van der Waals surface area (Å²) >= 11 is 5.94. The van der Waals surface area contributed by atoms with Gasteiger partial charge in [0.25, 0.3) is 5.91 Å². The summed E-state index contributed by atoms with van der Waals surface area (Å²) in [5.74, 6) is 0.102. The van der Waals surface area contributed by atoms with Crippen LogP contribution in [0.4, 0.5) is 13.2 Å². The summed E-state index contributed by atoms with van der Waals surface area (Å²) in [6, 6.07) is 8.20. The highest BCUT2D eigenvalue weighted by Crippen LogP contribution is 2.42. The summed E-state index contributed by atoms with van der Waals surface area (Å²) < 4.78 is 57.8. The molecule has 2 unspecified atom stereocenters. The summed E-state index contributed by atoms with van der Waals surface area (Å²) in [5.41, 5.74) is 1.57. The summed E-state index contributed by atoms with van der Waals surface area (Å²) in [4.78, 5) is 11.9. The quantitative estimate of drug-likeness (QED) is 0.761. The van der Waals surface area contributed by atoms with Crippen LogP contribution in [0.5, 0.6) is 11.5 Å².